The summed E-state index contributed by atoms with van der Waals surface area (Å²) in [5.74, 6) is 0.935. The maximum Gasteiger partial charge on any atom is 0.315 e. The van der Waals surface area contributed by atoms with E-state index in [2.05, 4.69) is 20.6 Å². The minimum Gasteiger partial charge on any atom is -0.371 e. The largest absolute Gasteiger partial charge is 0.371 e. The first-order chi connectivity index (χ1) is 14.1. The minimum absolute atomic E-state index is 0.0713. The summed E-state index contributed by atoms with van der Waals surface area (Å²) in [5, 5.41) is 6.07. The van der Waals surface area contributed by atoms with Crippen LogP contribution in [0.5, 0.6) is 0 Å². The highest BCUT2D eigenvalue weighted by molar-refractivity contribution is 5.75. The molecule has 3 aromatic rings. The average molecular weight is 391 g/mol. The highest BCUT2D eigenvalue weighted by Gasteiger charge is 2.31. The molecule has 0 radical (unpaired) electrons. The van der Waals surface area contributed by atoms with Crippen molar-refractivity contribution in [2.24, 2.45) is 0 Å². The summed E-state index contributed by atoms with van der Waals surface area (Å²) in [5.41, 5.74) is 3.06. The lowest BCUT2D eigenvalue weighted by atomic mass is 10.0. The van der Waals surface area contributed by atoms with Gasteiger partial charge in [-0.25, -0.2) is 9.78 Å². The van der Waals surface area contributed by atoms with Crippen LogP contribution < -0.4 is 10.6 Å². The molecule has 29 heavy (non-hydrogen) atoms. The summed E-state index contributed by atoms with van der Waals surface area (Å²) in [6, 6.07) is 11.6. The van der Waals surface area contributed by atoms with Crippen molar-refractivity contribution >= 4 is 6.03 Å². The summed E-state index contributed by atoms with van der Waals surface area (Å²) in [7, 11) is 0. The summed E-state index contributed by atoms with van der Waals surface area (Å²) < 4.78 is 7.83. The summed E-state index contributed by atoms with van der Waals surface area (Å²) in [6.07, 6.45) is 7.84. The molecule has 7 nitrogen and oxygen atoms in total. The number of amides is 2. The fourth-order valence-electron chi connectivity index (χ4n) is 3.67. The third-order valence-electron chi connectivity index (χ3n) is 5.27. The minimum atomic E-state index is -0.198. The predicted octanol–water partition coefficient (Wildman–Crippen LogP) is 3.47. The van der Waals surface area contributed by atoms with E-state index in [-0.39, 0.29) is 24.2 Å². The van der Waals surface area contributed by atoms with Gasteiger partial charge in [0.1, 0.15) is 11.9 Å². The van der Waals surface area contributed by atoms with Crippen LogP contribution >= 0.6 is 0 Å². The van der Waals surface area contributed by atoms with Crippen molar-refractivity contribution in [3.05, 3.63) is 78.1 Å². The molecular formula is C22H25N5O2. The molecule has 1 saturated heterocycles. The summed E-state index contributed by atoms with van der Waals surface area (Å²) >= 11 is 0. The number of urea groups is 1. The van der Waals surface area contributed by atoms with Crippen molar-refractivity contribution in [3.8, 4) is 5.69 Å². The number of imidazole rings is 1. The first-order valence-electron chi connectivity index (χ1n) is 9.80. The Balaban J connectivity index is 1.36. The van der Waals surface area contributed by atoms with E-state index >= 15 is 0 Å². The van der Waals surface area contributed by atoms with Gasteiger partial charge in [0.15, 0.2) is 0 Å². The van der Waals surface area contributed by atoms with E-state index in [4.69, 9.17) is 4.74 Å². The molecule has 1 aromatic carbocycles. The molecule has 0 spiro atoms. The second-order valence-electron chi connectivity index (χ2n) is 7.25. The summed E-state index contributed by atoms with van der Waals surface area (Å²) in [6.45, 7) is 4.56. The van der Waals surface area contributed by atoms with Gasteiger partial charge in [-0.1, -0.05) is 18.2 Å². The van der Waals surface area contributed by atoms with E-state index in [0.29, 0.717) is 6.61 Å². The van der Waals surface area contributed by atoms with Gasteiger partial charge in [0, 0.05) is 42.6 Å². The normalized spacial score (nSPS) is 19.7. The lowest BCUT2D eigenvalue weighted by Crippen LogP contribution is -2.44. The fourth-order valence-corrected chi connectivity index (χ4v) is 3.67. The second kappa shape index (κ2) is 8.45. The van der Waals surface area contributed by atoms with Crippen LogP contribution in [-0.4, -0.2) is 33.2 Å². The second-order valence-corrected chi connectivity index (χ2v) is 7.25. The molecule has 0 saturated carbocycles. The van der Waals surface area contributed by atoms with Gasteiger partial charge in [-0.3, -0.25) is 4.98 Å². The Bertz CT molecular complexity index is 955. The van der Waals surface area contributed by atoms with Gasteiger partial charge in [-0.2, -0.15) is 0 Å². The third-order valence-corrected chi connectivity index (χ3v) is 5.27. The highest BCUT2D eigenvalue weighted by atomic mass is 16.5. The van der Waals surface area contributed by atoms with Gasteiger partial charge in [0.2, 0.25) is 0 Å². The van der Waals surface area contributed by atoms with Gasteiger partial charge in [0.25, 0.3) is 0 Å². The Hall–Kier alpha value is -3.19. The van der Waals surface area contributed by atoms with Crippen LogP contribution in [0.25, 0.3) is 5.69 Å². The lowest BCUT2D eigenvalue weighted by Gasteiger charge is -2.22. The van der Waals surface area contributed by atoms with E-state index in [1.54, 1.807) is 18.6 Å². The number of ether oxygens (including phenoxy) is 1. The highest BCUT2D eigenvalue weighted by Crippen LogP contribution is 2.28. The van der Waals surface area contributed by atoms with E-state index in [0.717, 1.165) is 29.1 Å². The smallest absolute Gasteiger partial charge is 0.315 e. The topological polar surface area (TPSA) is 81.1 Å². The van der Waals surface area contributed by atoms with Crippen molar-refractivity contribution in [1.29, 1.82) is 0 Å². The van der Waals surface area contributed by atoms with Crippen LogP contribution in [-0.2, 0) is 4.74 Å². The number of aryl methyl sites for hydroxylation is 1. The summed E-state index contributed by atoms with van der Waals surface area (Å²) in [4.78, 5) is 21.0. The van der Waals surface area contributed by atoms with Gasteiger partial charge in [-0.05, 0) is 44.0 Å². The van der Waals surface area contributed by atoms with Crippen molar-refractivity contribution < 1.29 is 9.53 Å². The van der Waals surface area contributed by atoms with E-state index in [1.165, 1.54) is 0 Å². The molecule has 0 aliphatic carbocycles. The van der Waals surface area contributed by atoms with Crippen molar-refractivity contribution in [2.75, 3.05) is 6.61 Å². The number of pyridine rings is 1. The lowest BCUT2D eigenvalue weighted by molar-refractivity contribution is 0.0995. The Kier molecular flexibility index (Phi) is 5.57. The third kappa shape index (κ3) is 4.30. The van der Waals surface area contributed by atoms with Crippen molar-refractivity contribution in [1.82, 2.24) is 25.2 Å². The maximum absolute atomic E-state index is 12.6. The van der Waals surface area contributed by atoms with Gasteiger partial charge < -0.3 is 19.9 Å². The zero-order chi connectivity index (χ0) is 20.2. The molecule has 2 N–H and O–H groups in total. The van der Waals surface area contributed by atoms with Crippen LogP contribution in [0.3, 0.4) is 0 Å². The first-order valence-corrected chi connectivity index (χ1v) is 9.80. The molecule has 4 rings (SSSR count). The molecule has 3 atom stereocenters. The molecule has 150 valence electrons. The molecule has 0 bridgehead atoms. The standard InChI is InChI=1S/C22H25N5O2/c1-15(17-5-7-19(8-6-17)27-12-11-24-16(27)2)25-22(28)26-20-9-13-29-21(20)18-4-3-10-23-14-18/h3-8,10-12,14-15,20-21H,9,13H2,1-2H3,(H2,25,26,28)/t15?,20-,21+/m1/s1. The van der Waals surface area contributed by atoms with Gasteiger partial charge in [0.05, 0.1) is 12.1 Å². The van der Waals surface area contributed by atoms with Crippen molar-refractivity contribution in [3.63, 3.8) is 0 Å². The molecule has 3 heterocycles. The van der Waals surface area contributed by atoms with E-state index in [9.17, 15) is 4.79 Å². The van der Waals surface area contributed by atoms with Crippen LogP contribution in [0.2, 0.25) is 0 Å². The van der Waals surface area contributed by atoms with Gasteiger partial charge in [-0.15, -0.1) is 0 Å². The number of nitrogens with one attached hydrogen (secondary N) is 2. The first kappa shape index (κ1) is 19.1. The Labute approximate surface area is 170 Å². The Morgan fingerprint density at radius 2 is 2.07 bits per heavy atom. The molecule has 1 fully saturated rings. The van der Waals surface area contributed by atoms with Gasteiger partial charge >= 0.3 is 6.03 Å². The number of hydrogen-bond acceptors (Lipinski definition) is 4. The average Bonchev–Trinajstić information content (AvgIpc) is 3.37. The maximum atomic E-state index is 12.6. The molecule has 1 aliphatic heterocycles. The quantitative estimate of drug-likeness (QED) is 0.698. The van der Waals surface area contributed by atoms with E-state index in [1.807, 2.05) is 61.0 Å². The number of carbonyl (C=O) groups excluding carboxylic acids is 1. The molecule has 7 heteroatoms. The number of hydrogen-bond donors (Lipinski definition) is 2. The molecular weight excluding hydrogens is 366 g/mol. The number of carbonyl (C=O) groups is 1. The molecule has 1 unspecified atom stereocenters. The zero-order valence-corrected chi connectivity index (χ0v) is 16.6. The molecule has 2 aromatic heterocycles. The van der Waals surface area contributed by atoms with Crippen LogP contribution in [0.1, 0.15) is 42.4 Å². The van der Waals surface area contributed by atoms with Crippen LogP contribution in [0.4, 0.5) is 4.79 Å². The number of rotatable bonds is 5. The Morgan fingerprint density at radius 1 is 1.24 bits per heavy atom. The van der Waals surface area contributed by atoms with Crippen molar-refractivity contribution in [2.45, 2.75) is 38.5 Å². The Morgan fingerprint density at radius 3 is 2.76 bits per heavy atom. The number of aromatic nitrogens is 3. The predicted molar refractivity (Wildman–Crippen MR) is 110 cm³/mol. The monoisotopic (exact) mass is 391 g/mol. The number of benzene rings is 1. The van der Waals surface area contributed by atoms with Crippen LogP contribution in [0.15, 0.2) is 61.2 Å². The SMILES string of the molecule is Cc1nccn1-c1ccc(C(C)NC(=O)N[C@@H]2CCO[C@H]2c2cccnc2)cc1. The zero-order valence-electron chi connectivity index (χ0n) is 16.6. The molecule has 1 aliphatic rings. The number of nitrogens with zero attached hydrogens (tertiary/aromatic N) is 3. The molecule has 2 amide bonds. The fraction of sp³-hybridized carbons (Fsp3) is 0.318. The van der Waals surface area contributed by atoms with Crippen LogP contribution in [0, 0.1) is 6.92 Å². The van der Waals surface area contributed by atoms with E-state index < -0.39 is 0 Å².